The first-order chi connectivity index (χ1) is 12.1. The van der Waals surface area contributed by atoms with E-state index in [2.05, 4.69) is 46.3 Å². The first-order valence-electron chi connectivity index (χ1n) is 8.57. The molecule has 134 valence electrons. The van der Waals surface area contributed by atoms with E-state index in [0.29, 0.717) is 0 Å². The molecule has 3 unspecified atom stereocenters. The molecule has 3 aromatic heterocycles. The van der Waals surface area contributed by atoms with Crippen molar-refractivity contribution in [1.82, 2.24) is 19.5 Å². The number of ether oxygens (including phenoxy) is 1. The van der Waals surface area contributed by atoms with E-state index in [1.807, 2.05) is 6.92 Å². The van der Waals surface area contributed by atoms with Gasteiger partial charge >= 0.3 is 0 Å². The Morgan fingerprint density at radius 1 is 1.36 bits per heavy atom. The van der Waals surface area contributed by atoms with Gasteiger partial charge in [-0.05, 0) is 25.3 Å². The van der Waals surface area contributed by atoms with Crippen LogP contribution in [0.2, 0.25) is 0 Å². The van der Waals surface area contributed by atoms with Gasteiger partial charge in [0.2, 0.25) is 10.8 Å². The lowest BCUT2D eigenvalue weighted by Crippen LogP contribution is -2.46. The van der Waals surface area contributed by atoms with Crippen molar-refractivity contribution in [2.24, 2.45) is 0 Å². The highest BCUT2D eigenvalue weighted by molar-refractivity contribution is 7.17. The molecule has 0 radical (unpaired) electrons. The number of morpholine rings is 1. The smallest absolute Gasteiger partial charge is 0.230 e. The summed E-state index contributed by atoms with van der Waals surface area (Å²) in [6.45, 7) is 7.89. The molecule has 3 aromatic rings. The molecule has 3 atom stereocenters. The first kappa shape index (κ1) is 17.0. The second-order valence-electron chi connectivity index (χ2n) is 6.50. The van der Waals surface area contributed by atoms with Gasteiger partial charge < -0.3 is 9.84 Å². The molecule has 1 fully saturated rings. The monoisotopic (exact) mass is 378 g/mol. The number of rotatable bonds is 4. The summed E-state index contributed by atoms with van der Waals surface area (Å²) in [4.78, 5) is 9.79. The molecule has 0 aromatic carbocycles. The molecule has 1 saturated heterocycles. The van der Waals surface area contributed by atoms with E-state index in [0.717, 1.165) is 35.2 Å². The van der Waals surface area contributed by atoms with Crippen LogP contribution in [0.15, 0.2) is 17.5 Å². The number of nitrogens with zero attached hydrogens (tertiary/aromatic N) is 4. The number of fused-ring (bicyclic) bond motifs is 1. The Labute approximate surface area is 154 Å². The summed E-state index contributed by atoms with van der Waals surface area (Å²) in [5.74, 6) is 0.965. The zero-order valence-corrected chi connectivity index (χ0v) is 16.2. The van der Waals surface area contributed by atoms with Crippen molar-refractivity contribution < 1.29 is 9.84 Å². The van der Waals surface area contributed by atoms with E-state index in [-0.39, 0.29) is 24.1 Å². The van der Waals surface area contributed by atoms with E-state index in [4.69, 9.17) is 4.74 Å². The second kappa shape index (κ2) is 6.68. The average molecular weight is 379 g/mol. The maximum atomic E-state index is 10.8. The van der Waals surface area contributed by atoms with Gasteiger partial charge in [0, 0.05) is 24.4 Å². The number of aromatic nitrogens is 3. The Kier molecular flexibility index (Phi) is 4.53. The highest BCUT2D eigenvalue weighted by Crippen LogP contribution is 2.42. The fourth-order valence-electron chi connectivity index (χ4n) is 3.47. The van der Waals surface area contributed by atoms with Gasteiger partial charge in [0.05, 0.1) is 23.1 Å². The van der Waals surface area contributed by atoms with Crippen molar-refractivity contribution in [1.29, 1.82) is 0 Å². The molecule has 0 saturated carbocycles. The molecule has 0 aliphatic carbocycles. The molecule has 8 heteroatoms. The lowest BCUT2D eigenvalue weighted by Gasteiger charge is -2.39. The van der Waals surface area contributed by atoms with Crippen molar-refractivity contribution in [2.75, 3.05) is 13.1 Å². The summed E-state index contributed by atoms with van der Waals surface area (Å²) in [7, 11) is 0. The molecule has 25 heavy (non-hydrogen) atoms. The van der Waals surface area contributed by atoms with Crippen LogP contribution in [0.3, 0.4) is 0 Å². The summed E-state index contributed by atoms with van der Waals surface area (Å²) in [5.41, 5.74) is 0. The molecule has 4 rings (SSSR count). The van der Waals surface area contributed by atoms with E-state index >= 15 is 0 Å². The van der Waals surface area contributed by atoms with Crippen LogP contribution in [0.5, 0.6) is 5.88 Å². The lowest BCUT2D eigenvalue weighted by molar-refractivity contribution is -0.0761. The van der Waals surface area contributed by atoms with Gasteiger partial charge in [-0.1, -0.05) is 24.3 Å². The van der Waals surface area contributed by atoms with E-state index in [9.17, 15) is 5.11 Å². The third kappa shape index (κ3) is 3.08. The molecule has 1 aliphatic heterocycles. The van der Waals surface area contributed by atoms with Crippen molar-refractivity contribution in [3.05, 3.63) is 33.1 Å². The Morgan fingerprint density at radius 2 is 2.12 bits per heavy atom. The van der Waals surface area contributed by atoms with Crippen molar-refractivity contribution in [3.8, 4) is 5.88 Å². The summed E-state index contributed by atoms with van der Waals surface area (Å²) in [5, 5.41) is 17.3. The molecular weight excluding hydrogens is 356 g/mol. The van der Waals surface area contributed by atoms with Crippen LogP contribution in [-0.4, -0.2) is 49.9 Å². The third-order valence-corrected chi connectivity index (χ3v) is 6.43. The average Bonchev–Trinajstić information content (AvgIpc) is 3.27. The topological polar surface area (TPSA) is 62.9 Å². The SMILES string of the molecule is CCc1nc2sc(C(c3cccs3)N3CC(C)OC(C)C3)c(O)n2n1. The number of thiazole rings is 1. The quantitative estimate of drug-likeness (QED) is 0.755. The second-order valence-corrected chi connectivity index (χ2v) is 8.48. The maximum Gasteiger partial charge on any atom is 0.230 e. The molecule has 4 heterocycles. The van der Waals surface area contributed by atoms with Crippen LogP contribution in [0, 0.1) is 0 Å². The number of aryl methyl sites for hydroxylation is 1. The van der Waals surface area contributed by atoms with Crippen LogP contribution >= 0.6 is 22.7 Å². The maximum absolute atomic E-state index is 10.8. The van der Waals surface area contributed by atoms with Gasteiger partial charge in [-0.25, -0.2) is 4.98 Å². The summed E-state index contributed by atoms with van der Waals surface area (Å²) in [6, 6.07) is 4.20. The van der Waals surface area contributed by atoms with E-state index in [1.54, 1.807) is 15.9 Å². The Morgan fingerprint density at radius 3 is 2.72 bits per heavy atom. The minimum Gasteiger partial charge on any atom is -0.492 e. The van der Waals surface area contributed by atoms with E-state index < -0.39 is 0 Å². The molecule has 0 bridgehead atoms. The summed E-state index contributed by atoms with van der Waals surface area (Å²) >= 11 is 3.24. The first-order valence-corrected chi connectivity index (χ1v) is 10.3. The molecule has 1 aliphatic rings. The lowest BCUT2D eigenvalue weighted by atomic mass is 10.1. The van der Waals surface area contributed by atoms with Gasteiger partial charge in [0.1, 0.15) is 0 Å². The third-order valence-electron chi connectivity index (χ3n) is 4.43. The number of hydrogen-bond acceptors (Lipinski definition) is 7. The van der Waals surface area contributed by atoms with Gasteiger partial charge in [-0.15, -0.1) is 16.4 Å². The molecular formula is C17H22N4O2S2. The zero-order valence-electron chi connectivity index (χ0n) is 14.5. The van der Waals surface area contributed by atoms with Crippen LogP contribution in [-0.2, 0) is 11.2 Å². The normalized spacial score (nSPS) is 23.3. The minimum absolute atomic E-state index is 0.00683. The van der Waals surface area contributed by atoms with E-state index in [1.165, 1.54) is 16.2 Å². The molecule has 6 nitrogen and oxygen atoms in total. The highest BCUT2D eigenvalue weighted by Gasteiger charge is 2.34. The van der Waals surface area contributed by atoms with Crippen LogP contribution in [0.1, 0.15) is 42.4 Å². The van der Waals surface area contributed by atoms with Crippen molar-refractivity contribution >= 4 is 27.6 Å². The van der Waals surface area contributed by atoms with Crippen LogP contribution in [0.4, 0.5) is 0 Å². The number of thiophene rings is 1. The van der Waals surface area contributed by atoms with Gasteiger partial charge in [0.15, 0.2) is 5.82 Å². The van der Waals surface area contributed by atoms with Crippen LogP contribution < -0.4 is 0 Å². The fourth-order valence-corrected chi connectivity index (χ4v) is 5.54. The van der Waals surface area contributed by atoms with Gasteiger partial charge in [-0.2, -0.15) is 4.52 Å². The van der Waals surface area contributed by atoms with Gasteiger partial charge in [-0.3, -0.25) is 4.90 Å². The Hall–Kier alpha value is -1.48. The Balaban J connectivity index is 1.78. The molecule has 0 spiro atoms. The summed E-state index contributed by atoms with van der Waals surface area (Å²) in [6.07, 6.45) is 1.10. The van der Waals surface area contributed by atoms with Crippen LogP contribution in [0.25, 0.3) is 4.96 Å². The number of hydrogen-bond donors (Lipinski definition) is 1. The number of aromatic hydroxyl groups is 1. The zero-order chi connectivity index (χ0) is 17.6. The highest BCUT2D eigenvalue weighted by atomic mass is 32.1. The summed E-state index contributed by atoms with van der Waals surface area (Å²) < 4.78 is 7.47. The standard InChI is InChI=1S/C17H22N4O2S2/c1-4-13-18-17-21(19-13)16(22)15(25-17)14(12-6-5-7-24-12)20-8-10(2)23-11(3)9-20/h5-7,10-11,14,22H,4,8-9H2,1-3H3. The predicted molar refractivity (Wildman–Crippen MR) is 99.7 cm³/mol. The van der Waals surface area contributed by atoms with Crippen molar-refractivity contribution in [2.45, 2.75) is 45.4 Å². The Bertz CT molecular complexity index is 848. The predicted octanol–water partition coefficient (Wildman–Crippen LogP) is 3.32. The molecule has 0 amide bonds. The largest absolute Gasteiger partial charge is 0.492 e. The molecule has 1 N–H and O–H groups in total. The fraction of sp³-hybridized carbons (Fsp3) is 0.529. The van der Waals surface area contributed by atoms with Gasteiger partial charge in [0.25, 0.3) is 0 Å². The van der Waals surface area contributed by atoms with Crippen molar-refractivity contribution in [3.63, 3.8) is 0 Å². The minimum atomic E-state index is 0.00683.